The van der Waals surface area contributed by atoms with Gasteiger partial charge in [-0.3, -0.25) is 19.2 Å². The van der Waals surface area contributed by atoms with E-state index in [0.717, 1.165) is 0 Å². The van der Waals surface area contributed by atoms with E-state index < -0.39 is 29.9 Å². The van der Waals surface area contributed by atoms with Crippen LogP contribution >= 0.6 is 0 Å². The summed E-state index contributed by atoms with van der Waals surface area (Å²) in [5, 5.41) is 13.8. The normalized spacial score (nSPS) is 14.0. The first-order valence-corrected chi connectivity index (χ1v) is 8.14. The Kier molecular flexibility index (Phi) is 8.32. The van der Waals surface area contributed by atoms with Crippen LogP contribution in [0.4, 0.5) is 0 Å². The van der Waals surface area contributed by atoms with Gasteiger partial charge in [-0.2, -0.15) is 0 Å². The predicted molar refractivity (Wildman–Crippen MR) is 91.6 cm³/mol. The van der Waals surface area contributed by atoms with Gasteiger partial charge in [0.1, 0.15) is 6.04 Å². The summed E-state index contributed by atoms with van der Waals surface area (Å²) in [5.74, 6) is -2.15. The molecule has 0 fully saturated rings. The molecule has 25 heavy (non-hydrogen) atoms. The maximum atomic E-state index is 12.5. The fourth-order valence-electron chi connectivity index (χ4n) is 2.21. The Labute approximate surface area is 146 Å². The van der Waals surface area contributed by atoms with E-state index in [2.05, 4.69) is 10.6 Å². The number of amides is 2. The number of aliphatic carboxylic acids is 1. The zero-order valence-corrected chi connectivity index (χ0v) is 14.3. The Hall–Kier alpha value is -2.70. The van der Waals surface area contributed by atoms with Gasteiger partial charge in [0.25, 0.3) is 5.91 Å². The van der Waals surface area contributed by atoms with Gasteiger partial charge in [-0.25, -0.2) is 0 Å². The van der Waals surface area contributed by atoms with Crippen molar-refractivity contribution in [3.63, 3.8) is 0 Å². The average molecular weight is 347 g/mol. The van der Waals surface area contributed by atoms with Gasteiger partial charge in [-0.15, -0.1) is 0 Å². The SMILES string of the molecule is CC[C@H](C)[C@H](NC(=O)c1ccccc1)C(=O)N[C@H]([C]=O)CCC(=O)O. The second kappa shape index (κ2) is 10.2. The van der Waals surface area contributed by atoms with Gasteiger partial charge in [-0.05, 0) is 24.5 Å². The molecule has 0 saturated heterocycles. The minimum absolute atomic E-state index is 0.0512. The molecular formula is C18H23N2O5. The van der Waals surface area contributed by atoms with Crippen molar-refractivity contribution >= 4 is 24.1 Å². The van der Waals surface area contributed by atoms with Crippen LogP contribution in [0.3, 0.4) is 0 Å². The average Bonchev–Trinajstić information content (AvgIpc) is 2.62. The van der Waals surface area contributed by atoms with Crippen LogP contribution in [0.1, 0.15) is 43.5 Å². The monoisotopic (exact) mass is 347 g/mol. The lowest BCUT2D eigenvalue weighted by Crippen LogP contribution is -2.52. The molecule has 0 aliphatic rings. The Morgan fingerprint density at radius 1 is 1.16 bits per heavy atom. The number of benzene rings is 1. The van der Waals surface area contributed by atoms with Gasteiger partial charge in [0.2, 0.25) is 12.2 Å². The summed E-state index contributed by atoms with van der Waals surface area (Å²) in [7, 11) is 0. The number of carboxylic acid groups (broad SMARTS) is 1. The van der Waals surface area contributed by atoms with Crippen molar-refractivity contribution in [1.82, 2.24) is 10.6 Å². The zero-order valence-electron chi connectivity index (χ0n) is 14.3. The van der Waals surface area contributed by atoms with Crippen LogP contribution in [0.2, 0.25) is 0 Å². The number of nitrogens with one attached hydrogen (secondary N) is 2. The van der Waals surface area contributed by atoms with Crippen molar-refractivity contribution in [3.05, 3.63) is 35.9 Å². The van der Waals surface area contributed by atoms with Crippen molar-refractivity contribution < 1.29 is 24.3 Å². The highest BCUT2D eigenvalue weighted by Gasteiger charge is 2.28. The molecule has 2 amide bonds. The molecule has 0 saturated carbocycles. The summed E-state index contributed by atoms with van der Waals surface area (Å²) in [4.78, 5) is 46.3. The lowest BCUT2D eigenvalue weighted by Gasteiger charge is -2.25. The van der Waals surface area contributed by atoms with Gasteiger partial charge in [0.05, 0.1) is 6.04 Å². The van der Waals surface area contributed by atoms with Gasteiger partial charge in [-0.1, -0.05) is 38.5 Å². The second-order valence-electron chi connectivity index (χ2n) is 5.81. The molecule has 0 unspecified atom stereocenters. The zero-order chi connectivity index (χ0) is 18.8. The quantitative estimate of drug-likeness (QED) is 0.590. The first-order valence-electron chi connectivity index (χ1n) is 8.14. The van der Waals surface area contributed by atoms with Crippen molar-refractivity contribution in [3.8, 4) is 0 Å². The van der Waals surface area contributed by atoms with Crippen LogP contribution in [0.15, 0.2) is 30.3 Å². The summed E-state index contributed by atoms with van der Waals surface area (Å²) in [6.07, 6.45) is 1.95. The van der Waals surface area contributed by atoms with E-state index in [9.17, 15) is 19.2 Å². The number of carbonyl (C=O) groups excluding carboxylic acids is 3. The molecule has 0 aliphatic carbocycles. The van der Waals surface area contributed by atoms with E-state index in [1.165, 1.54) is 0 Å². The lowest BCUT2D eigenvalue weighted by atomic mass is 9.97. The van der Waals surface area contributed by atoms with E-state index in [1.807, 2.05) is 13.8 Å². The molecule has 7 nitrogen and oxygen atoms in total. The Balaban J connectivity index is 2.79. The van der Waals surface area contributed by atoms with E-state index in [-0.39, 0.29) is 18.8 Å². The van der Waals surface area contributed by atoms with Crippen LogP contribution in [0, 0.1) is 5.92 Å². The largest absolute Gasteiger partial charge is 0.481 e. The lowest BCUT2D eigenvalue weighted by molar-refractivity contribution is -0.137. The molecule has 0 aliphatic heterocycles. The molecule has 135 valence electrons. The number of carbonyl (C=O) groups is 3. The Bertz CT molecular complexity index is 603. The van der Waals surface area contributed by atoms with E-state index in [0.29, 0.717) is 12.0 Å². The molecule has 0 heterocycles. The molecule has 0 bridgehead atoms. The first-order chi connectivity index (χ1) is 11.9. The van der Waals surface area contributed by atoms with Crippen LogP contribution in [-0.2, 0) is 14.4 Å². The Morgan fingerprint density at radius 3 is 2.32 bits per heavy atom. The van der Waals surface area contributed by atoms with Crippen LogP contribution in [0.25, 0.3) is 0 Å². The summed E-state index contributed by atoms with van der Waals surface area (Å²) >= 11 is 0. The molecule has 1 radical (unpaired) electrons. The van der Waals surface area contributed by atoms with Gasteiger partial charge >= 0.3 is 5.97 Å². The van der Waals surface area contributed by atoms with Gasteiger partial charge in [0.15, 0.2) is 0 Å². The highest BCUT2D eigenvalue weighted by Crippen LogP contribution is 2.10. The molecule has 1 rings (SSSR count). The standard InChI is InChI=1S/C18H23N2O5/c1-3-12(2)16(20-17(24)13-7-5-4-6-8-13)18(25)19-14(11-21)9-10-15(22)23/h4-8,12,14,16H,3,9-10H2,1-2H3,(H,19,25)(H,20,24)(H,22,23)/t12-,14-,16-/m0/s1. The third-order valence-electron chi connectivity index (χ3n) is 3.92. The topological polar surface area (TPSA) is 113 Å². The summed E-state index contributed by atoms with van der Waals surface area (Å²) < 4.78 is 0. The third kappa shape index (κ3) is 6.74. The highest BCUT2D eigenvalue weighted by atomic mass is 16.4. The number of rotatable bonds is 10. The van der Waals surface area contributed by atoms with Crippen molar-refractivity contribution in [2.24, 2.45) is 5.92 Å². The minimum atomic E-state index is -1.06. The fraction of sp³-hybridized carbons (Fsp3) is 0.444. The predicted octanol–water partition coefficient (Wildman–Crippen LogP) is 1.29. The molecule has 7 heteroatoms. The second-order valence-corrected chi connectivity index (χ2v) is 5.81. The van der Waals surface area contributed by atoms with E-state index in [1.54, 1.807) is 36.6 Å². The molecule has 0 spiro atoms. The molecule has 3 atom stereocenters. The molecule has 1 aromatic carbocycles. The van der Waals surface area contributed by atoms with Crippen LogP contribution in [0.5, 0.6) is 0 Å². The summed E-state index contributed by atoms with van der Waals surface area (Å²) in [5.41, 5.74) is 0.424. The number of hydrogen-bond acceptors (Lipinski definition) is 4. The number of carboxylic acids is 1. The first kappa shape index (κ1) is 20.3. The van der Waals surface area contributed by atoms with E-state index in [4.69, 9.17) is 5.11 Å². The van der Waals surface area contributed by atoms with Crippen LogP contribution < -0.4 is 10.6 Å². The van der Waals surface area contributed by atoms with Crippen molar-refractivity contribution in [2.45, 2.75) is 45.2 Å². The molecular weight excluding hydrogens is 324 g/mol. The summed E-state index contributed by atoms with van der Waals surface area (Å²) in [6, 6.07) is 6.63. The minimum Gasteiger partial charge on any atom is -0.481 e. The van der Waals surface area contributed by atoms with Gasteiger partial charge in [0, 0.05) is 12.0 Å². The van der Waals surface area contributed by atoms with Crippen molar-refractivity contribution in [1.29, 1.82) is 0 Å². The number of hydrogen-bond donors (Lipinski definition) is 3. The Morgan fingerprint density at radius 2 is 1.80 bits per heavy atom. The smallest absolute Gasteiger partial charge is 0.303 e. The maximum absolute atomic E-state index is 12.5. The summed E-state index contributed by atoms with van der Waals surface area (Å²) in [6.45, 7) is 3.69. The highest BCUT2D eigenvalue weighted by molar-refractivity contribution is 5.97. The van der Waals surface area contributed by atoms with Crippen LogP contribution in [-0.4, -0.2) is 41.3 Å². The van der Waals surface area contributed by atoms with E-state index >= 15 is 0 Å². The molecule has 1 aromatic rings. The fourth-order valence-corrected chi connectivity index (χ4v) is 2.21. The van der Waals surface area contributed by atoms with Gasteiger partial charge < -0.3 is 15.7 Å². The molecule has 0 aromatic heterocycles. The molecule has 3 N–H and O–H groups in total. The maximum Gasteiger partial charge on any atom is 0.303 e. The third-order valence-corrected chi connectivity index (χ3v) is 3.92. The van der Waals surface area contributed by atoms with Crippen molar-refractivity contribution in [2.75, 3.05) is 0 Å².